The van der Waals surface area contributed by atoms with Crippen molar-refractivity contribution in [3.63, 3.8) is 0 Å². The first kappa shape index (κ1) is 19.4. The lowest BCUT2D eigenvalue weighted by atomic mass is 10.2. The summed E-state index contributed by atoms with van der Waals surface area (Å²) in [5.41, 5.74) is -0.156. The number of rotatable bonds is 10. The van der Waals surface area contributed by atoms with E-state index >= 15 is 0 Å². The van der Waals surface area contributed by atoms with Gasteiger partial charge in [-0.1, -0.05) is 26.7 Å². The van der Waals surface area contributed by atoms with E-state index in [-0.39, 0.29) is 5.69 Å². The molecular weight excluding hydrogens is 300 g/mol. The number of benzene rings is 1. The molecule has 0 bridgehead atoms. The molecule has 1 rings (SSSR count). The number of urea groups is 1. The number of nitrogens with zero attached hydrogens (tertiary/aromatic N) is 1. The van der Waals surface area contributed by atoms with E-state index in [0.717, 1.165) is 63.5 Å². The van der Waals surface area contributed by atoms with Gasteiger partial charge in [0.25, 0.3) is 0 Å². The fourth-order valence-electron chi connectivity index (χ4n) is 2.19. The van der Waals surface area contributed by atoms with E-state index in [0.29, 0.717) is 6.54 Å². The lowest BCUT2D eigenvalue weighted by Gasteiger charge is -2.22. The summed E-state index contributed by atoms with van der Waals surface area (Å²) in [5.74, 6) is -1.25. The molecule has 0 saturated heterocycles. The minimum absolute atomic E-state index is 0.156. The zero-order chi connectivity index (χ0) is 17.1. The predicted octanol–water partition coefficient (Wildman–Crippen LogP) is 3.99. The zero-order valence-electron chi connectivity index (χ0n) is 14.0. The average Bonchev–Trinajstić information content (AvgIpc) is 2.53. The van der Waals surface area contributed by atoms with Crippen molar-refractivity contribution in [2.45, 2.75) is 39.5 Å². The second kappa shape index (κ2) is 10.9. The number of carbonyl (C=O) groups is 1. The van der Waals surface area contributed by atoms with Crippen molar-refractivity contribution < 1.29 is 13.6 Å². The third-order valence-corrected chi connectivity index (χ3v) is 3.55. The molecule has 0 fully saturated rings. The van der Waals surface area contributed by atoms with Gasteiger partial charge in [0.1, 0.15) is 11.6 Å². The molecule has 6 heteroatoms. The van der Waals surface area contributed by atoms with E-state index < -0.39 is 17.7 Å². The average molecular weight is 327 g/mol. The van der Waals surface area contributed by atoms with Crippen molar-refractivity contribution >= 4 is 11.7 Å². The Morgan fingerprint density at radius 2 is 1.74 bits per heavy atom. The Kier molecular flexibility index (Phi) is 9.21. The molecule has 2 N–H and O–H groups in total. The molecule has 0 aliphatic carbocycles. The Balaban J connectivity index is 2.37. The molecule has 2 amide bonds. The van der Waals surface area contributed by atoms with E-state index in [4.69, 9.17) is 0 Å². The maximum Gasteiger partial charge on any atom is 0.319 e. The van der Waals surface area contributed by atoms with Crippen LogP contribution in [0.5, 0.6) is 0 Å². The standard InChI is InChI=1S/C17H27F2N3O/c1-3-5-10-22(11-6-4-2)12-9-20-17(23)21-16-13-14(18)7-8-15(16)19/h7-8,13H,3-6,9-12H2,1-2H3,(H2,20,21,23). The van der Waals surface area contributed by atoms with Crippen LogP contribution in [0.1, 0.15) is 39.5 Å². The quantitative estimate of drug-likeness (QED) is 0.682. The fraction of sp³-hybridized carbons (Fsp3) is 0.588. The molecule has 0 spiro atoms. The van der Waals surface area contributed by atoms with Crippen LogP contribution in [0.2, 0.25) is 0 Å². The Bertz CT molecular complexity index is 475. The first-order valence-electron chi connectivity index (χ1n) is 8.29. The van der Waals surface area contributed by atoms with Gasteiger partial charge >= 0.3 is 6.03 Å². The number of hydrogen-bond acceptors (Lipinski definition) is 2. The van der Waals surface area contributed by atoms with Crippen LogP contribution in [0.15, 0.2) is 18.2 Å². The molecule has 0 heterocycles. The highest BCUT2D eigenvalue weighted by Gasteiger charge is 2.09. The van der Waals surface area contributed by atoms with E-state index in [1.54, 1.807) is 0 Å². The lowest BCUT2D eigenvalue weighted by Crippen LogP contribution is -2.38. The highest BCUT2D eigenvalue weighted by Crippen LogP contribution is 2.14. The third kappa shape index (κ3) is 7.93. The smallest absolute Gasteiger partial charge is 0.319 e. The fourth-order valence-corrected chi connectivity index (χ4v) is 2.19. The van der Waals surface area contributed by atoms with Gasteiger partial charge in [0, 0.05) is 19.2 Å². The molecule has 4 nitrogen and oxygen atoms in total. The lowest BCUT2D eigenvalue weighted by molar-refractivity contribution is 0.242. The number of hydrogen-bond donors (Lipinski definition) is 2. The van der Waals surface area contributed by atoms with Crippen LogP contribution in [-0.4, -0.2) is 37.1 Å². The number of anilines is 1. The molecular formula is C17H27F2N3O. The highest BCUT2D eigenvalue weighted by molar-refractivity contribution is 5.89. The summed E-state index contributed by atoms with van der Waals surface area (Å²) >= 11 is 0. The van der Waals surface area contributed by atoms with Crippen molar-refractivity contribution in [2.75, 3.05) is 31.5 Å². The maximum absolute atomic E-state index is 13.4. The van der Waals surface area contributed by atoms with Crippen LogP contribution >= 0.6 is 0 Å². The monoisotopic (exact) mass is 327 g/mol. The Labute approximate surface area is 137 Å². The van der Waals surface area contributed by atoms with Crippen LogP contribution in [0.25, 0.3) is 0 Å². The zero-order valence-corrected chi connectivity index (χ0v) is 14.0. The largest absolute Gasteiger partial charge is 0.337 e. The molecule has 0 aromatic heterocycles. The molecule has 1 aromatic carbocycles. The van der Waals surface area contributed by atoms with Crippen molar-refractivity contribution in [2.24, 2.45) is 0 Å². The normalized spacial score (nSPS) is 10.8. The molecule has 0 unspecified atom stereocenters. The molecule has 1 aromatic rings. The summed E-state index contributed by atoms with van der Waals surface area (Å²) < 4.78 is 26.5. The first-order valence-corrected chi connectivity index (χ1v) is 8.29. The van der Waals surface area contributed by atoms with Crippen molar-refractivity contribution in [3.05, 3.63) is 29.8 Å². The number of nitrogens with one attached hydrogen (secondary N) is 2. The van der Waals surface area contributed by atoms with Crippen molar-refractivity contribution in [1.82, 2.24) is 10.2 Å². The Morgan fingerprint density at radius 1 is 1.09 bits per heavy atom. The topological polar surface area (TPSA) is 44.4 Å². The number of amides is 2. The maximum atomic E-state index is 13.4. The minimum atomic E-state index is -0.658. The van der Waals surface area contributed by atoms with Gasteiger partial charge in [-0.05, 0) is 38.1 Å². The summed E-state index contributed by atoms with van der Waals surface area (Å²) in [6.07, 6.45) is 4.53. The SMILES string of the molecule is CCCCN(CCCC)CCNC(=O)Nc1cc(F)ccc1F. The third-order valence-electron chi connectivity index (χ3n) is 3.55. The molecule has 0 radical (unpaired) electrons. The van der Waals surface area contributed by atoms with Gasteiger partial charge < -0.3 is 15.5 Å². The minimum Gasteiger partial charge on any atom is -0.337 e. The van der Waals surface area contributed by atoms with Crippen LogP contribution in [0, 0.1) is 11.6 Å². The van der Waals surface area contributed by atoms with E-state index in [1.165, 1.54) is 0 Å². The molecule has 0 atom stereocenters. The second-order valence-corrected chi connectivity index (χ2v) is 5.55. The number of carbonyl (C=O) groups excluding carboxylic acids is 1. The van der Waals surface area contributed by atoms with Crippen LogP contribution < -0.4 is 10.6 Å². The summed E-state index contributed by atoms with van der Waals surface area (Å²) in [7, 11) is 0. The van der Waals surface area contributed by atoms with Crippen LogP contribution in [-0.2, 0) is 0 Å². The molecule has 23 heavy (non-hydrogen) atoms. The second-order valence-electron chi connectivity index (χ2n) is 5.55. The van der Waals surface area contributed by atoms with Gasteiger partial charge in [0.05, 0.1) is 5.69 Å². The van der Waals surface area contributed by atoms with Gasteiger partial charge in [-0.2, -0.15) is 0 Å². The van der Waals surface area contributed by atoms with Crippen LogP contribution in [0.3, 0.4) is 0 Å². The van der Waals surface area contributed by atoms with Crippen molar-refractivity contribution in [3.8, 4) is 0 Å². The highest BCUT2D eigenvalue weighted by atomic mass is 19.1. The summed E-state index contributed by atoms with van der Waals surface area (Å²) in [4.78, 5) is 14.1. The van der Waals surface area contributed by atoms with Gasteiger partial charge in [-0.3, -0.25) is 0 Å². The summed E-state index contributed by atoms with van der Waals surface area (Å²) in [6, 6.07) is 2.43. The molecule has 0 aliphatic rings. The first-order chi connectivity index (χ1) is 11.1. The van der Waals surface area contributed by atoms with Gasteiger partial charge in [0.15, 0.2) is 0 Å². The molecule has 0 saturated carbocycles. The predicted molar refractivity (Wildman–Crippen MR) is 89.6 cm³/mol. The Hall–Kier alpha value is -1.69. The molecule has 0 aliphatic heterocycles. The van der Waals surface area contributed by atoms with Gasteiger partial charge in [-0.25, -0.2) is 13.6 Å². The van der Waals surface area contributed by atoms with Crippen LogP contribution in [0.4, 0.5) is 19.3 Å². The number of halogens is 2. The van der Waals surface area contributed by atoms with E-state index in [2.05, 4.69) is 29.4 Å². The Morgan fingerprint density at radius 3 is 2.35 bits per heavy atom. The summed E-state index contributed by atoms with van der Waals surface area (Å²) in [5, 5.41) is 5.01. The van der Waals surface area contributed by atoms with Gasteiger partial charge in [0.2, 0.25) is 0 Å². The number of unbranched alkanes of at least 4 members (excludes halogenated alkanes) is 2. The van der Waals surface area contributed by atoms with Gasteiger partial charge in [-0.15, -0.1) is 0 Å². The van der Waals surface area contributed by atoms with E-state index in [1.807, 2.05) is 0 Å². The van der Waals surface area contributed by atoms with E-state index in [9.17, 15) is 13.6 Å². The summed E-state index contributed by atoms with van der Waals surface area (Å²) in [6.45, 7) is 7.54. The molecule has 130 valence electrons. The van der Waals surface area contributed by atoms with Crippen molar-refractivity contribution in [1.29, 1.82) is 0 Å².